The van der Waals surface area contributed by atoms with Crippen LogP contribution in [0.25, 0.3) is 22.4 Å². The molecule has 2 aromatic heterocycles. The SMILES string of the molecule is C=C/C=C\C(=C/C)C[C@H](N)c1nnc(-c2c[nH]c3ccccc23)o1. The highest BCUT2D eigenvalue weighted by Gasteiger charge is 2.18. The van der Waals surface area contributed by atoms with Crippen LogP contribution in [0.3, 0.4) is 0 Å². The zero-order valence-corrected chi connectivity index (χ0v) is 13.6. The average molecular weight is 320 g/mol. The molecule has 0 spiro atoms. The fourth-order valence-electron chi connectivity index (χ4n) is 2.56. The number of allylic oxidation sites excluding steroid dienone is 4. The first-order chi connectivity index (χ1) is 11.7. The highest BCUT2D eigenvalue weighted by atomic mass is 16.4. The van der Waals surface area contributed by atoms with E-state index in [2.05, 4.69) is 21.8 Å². The maximum Gasteiger partial charge on any atom is 0.249 e. The fourth-order valence-corrected chi connectivity index (χ4v) is 2.56. The summed E-state index contributed by atoms with van der Waals surface area (Å²) in [6.45, 7) is 5.64. The summed E-state index contributed by atoms with van der Waals surface area (Å²) in [5.74, 6) is 0.906. The van der Waals surface area contributed by atoms with Gasteiger partial charge in [-0.25, -0.2) is 0 Å². The van der Waals surface area contributed by atoms with Crippen LogP contribution in [0, 0.1) is 0 Å². The van der Waals surface area contributed by atoms with E-state index in [0.717, 1.165) is 22.0 Å². The first-order valence-electron chi connectivity index (χ1n) is 7.82. The van der Waals surface area contributed by atoms with Gasteiger partial charge in [0.1, 0.15) is 0 Å². The smallest absolute Gasteiger partial charge is 0.249 e. The Morgan fingerprint density at radius 2 is 2.21 bits per heavy atom. The lowest BCUT2D eigenvalue weighted by atomic mass is 10.1. The van der Waals surface area contributed by atoms with Crippen LogP contribution in [-0.4, -0.2) is 15.2 Å². The molecule has 0 saturated heterocycles. The van der Waals surface area contributed by atoms with Gasteiger partial charge in [-0.1, -0.05) is 54.7 Å². The number of hydrogen-bond donors (Lipinski definition) is 2. The largest absolute Gasteiger partial charge is 0.419 e. The molecule has 2 heterocycles. The van der Waals surface area contributed by atoms with Crippen molar-refractivity contribution in [1.82, 2.24) is 15.2 Å². The van der Waals surface area contributed by atoms with Gasteiger partial charge in [-0.05, 0) is 19.4 Å². The third-order valence-electron chi connectivity index (χ3n) is 3.85. The quantitative estimate of drug-likeness (QED) is 0.664. The van der Waals surface area contributed by atoms with Gasteiger partial charge in [0.05, 0.1) is 11.6 Å². The Morgan fingerprint density at radius 3 is 3.00 bits per heavy atom. The minimum absolute atomic E-state index is 0.350. The van der Waals surface area contributed by atoms with Gasteiger partial charge >= 0.3 is 0 Å². The molecular weight excluding hydrogens is 300 g/mol. The normalized spacial score (nSPS) is 13.7. The maximum atomic E-state index is 6.22. The van der Waals surface area contributed by atoms with Gasteiger partial charge in [-0.2, -0.15) is 0 Å². The number of nitrogens with one attached hydrogen (secondary N) is 1. The first-order valence-corrected chi connectivity index (χ1v) is 7.82. The number of nitrogens with zero attached hydrogens (tertiary/aromatic N) is 2. The van der Waals surface area contributed by atoms with E-state index in [0.29, 0.717) is 18.2 Å². The van der Waals surface area contributed by atoms with E-state index in [1.54, 1.807) is 6.08 Å². The molecule has 0 radical (unpaired) electrons. The maximum absolute atomic E-state index is 6.22. The minimum Gasteiger partial charge on any atom is -0.419 e. The Morgan fingerprint density at radius 1 is 1.38 bits per heavy atom. The molecule has 0 amide bonds. The van der Waals surface area contributed by atoms with E-state index in [1.165, 1.54) is 0 Å². The molecule has 0 aliphatic heterocycles. The number of H-pyrrole nitrogens is 1. The van der Waals surface area contributed by atoms with Crippen LogP contribution in [0.15, 0.2) is 71.3 Å². The van der Waals surface area contributed by atoms with Crippen molar-refractivity contribution in [2.75, 3.05) is 0 Å². The number of para-hydroxylation sites is 1. The molecular formula is C19H20N4O. The van der Waals surface area contributed by atoms with Gasteiger partial charge in [0.15, 0.2) is 0 Å². The Bertz CT molecular complexity index is 901. The molecule has 0 fully saturated rings. The molecule has 0 unspecified atom stereocenters. The standard InChI is InChI=1S/C19H20N4O/c1-3-5-8-13(4-2)11-16(20)19-23-22-18(24-19)15-12-21-17-10-7-6-9-14(15)17/h3-10,12,16,21H,1,11,20H2,2H3/b8-5-,13-4+/t16-/m0/s1. The van der Waals surface area contributed by atoms with E-state index in [-0.39, 0.29) is 6.04 Å². The summed E-state index contributed by atoms with van der Waals surface area (Å²) in [5, 5.41) is 9.32. The van der Waals surface area contributed by atoms with Gasteiger partial charge in [0, 0.05) is 17.1 Å². The number of aromatic amines is 1. The summed E-state index contributed by atoms with van der Waals surface area (Å²) in [6.07, 6.45) is 10.1. The summed E-state index contributed by atoms with van der Waals surface area (Å²) in [5.41, 5.74) is 9.22. The highest BCUT2D eigenvalue weighted by molar-refractivity contribution is 5.93. The van der Waals surface area contributed by atoms with Gasteiger partial charge in [-0.15, -0.1) is 10.2 Å². The topological polar surface area (TPSA) is 80.7 Å². The van der Waals surface area contributed by atoms with E-state index in [9.17, 15) is 0 Å². The Hall–Kier alpha value is -2.92. The van der Waals surface area contributed by atoms with Crippen LogP contribution < -0.4 is 5.73 Å². The number of fused-ring (bicyclic) bond motifs is 1. The first kappa shape index (κ1) is 16.0. The molecule has 122 valence electrons. The lowest BCUT2D eigenvalue weighted by Crippen LogP contribution is -2.11. The number of rotatable bonds is 6. The van der Waals surface area contributed by atoms with E-state index < -0.39 is 0 Å². The van der Waals surface area contributed by atoms with Gasteiger partial charge in [-0.3, -0.25) is 0 Å². The van der Waals surface area contributed by atoms with Gasteiger partial charge < -0.3 is 15.1 Å². The van der Waals surface area contributed by atoms with Crippen LogP contribution in [0.5, 0.6) is 0 Å². The lowest BCUT2D eigenvalue weighted by molar-refractivity contribution is 0.458. The van der Waals surface area contributed by atoms with Crippen molar-refractivity contribution in [1.29, 1.82) is 0 Å². The second-order valence-electron chi connectivity index (χ2n) is 5.46. The molecule has 3 rings (SSSR count). The van der Waals surface area contributed by atoms with Crippen LogP contribution in [0.4, 0.5) is 0 Å². The molecule has 1 atom stereocenters. The molecule has 0 saturated carbocycles. The van der Waals surface area contributed by atoms with Crippen molar-refractivity contribution < 1.29 is 4.42 Å². The summed E-state index contributed by atoms with van der Waals surface area (Å²) in [4.78, 5) is 3.20. The Kier molecular flexibility index (Phi) is 4.72. The molecule has 3 N–H and O–H groups in total. The molecule has 0 bridgehead atoms. The zero-order valence-electron chi connectivity index (χ0n) is 13.6. The molecule has 5 nitrogen and oxygen atoms in total. The van der Waals surface area contributed by atoms with Gasteiger partial charge in [0.2, 0.25) is 11.8 Å². The minimum atomic E-state index is -0.350. The summed E-state index contributed by atoms with van der Waals surface area (Å²) in [6, 6.07) is 7.63. The summed E-state index contributed by atoms with van der Waals surface area (Å²) >= 11 is 0. The van der Waals surface area contributed by atoms with Crippen LogP contribution in [-0.2, 0) is 0 Å². The molecule has 3 aromatic rings. The van der Waals surface area contributed by atoms with Crippen LogP contribution in [0.1, 0.15) is 25.3 Å². The van der Waals surface area contributed by atoms with Crippen LogP contribution >= 0.6 is 0 Å². The third-order valence-corrected chi connectivity index (χ3v) is 3.85. The van der Waals surface area contributed by atoms with E-state index >= 15 is 0 Å². The second kappa shape index (κ2) is 7.10. The third kappa shape index (κ3) is 3.21. The Balaban J connectivity index is 1.82. The molecule has 0 aliphatic carbocycles. The predicted molar refractivity (Wildman–Crippen MR) is 96.2 cm³/mol. The van der Waals surface area contributed by atoms with Crippen molar-refractivity contribution in [3.8, 4) is 11.5 Å². The highest BCUT2D eigenvalue weighted by Crippen LogP contribution is 2.29. The molecule has 5 heteroatoms. The number of nitrogens with two attached hydrogens (primary N) is 1. The summed E-state index contributed by atoms with van der Waals surface area (Å²) in [7, 11) is 0. The number of hydrogen-bond acceptors (Lipinski definition) is 4. The van der Waals surface area contributed by atoms with Crippen molar-refractivity contribution in [2.24, 2.45) is 5.73 Å². The van der Waals surface area contributed by atoms with Gasteiger partial charge in [0.25, 0.3) is 0 Å². The zero-order chi connectivity index (χ0) is 16.9. The monoisotopic (exact) mass is 320 g/mol. The molecule has 1 aromatic carbocycles. The Labute approximate surface area is 140 Å². The number of benzene rings is 1. The van der Waals surface area contributed by atoms with Crippen molar-refractivity contribution in [2.45, 2.75) is 19.4 Å². The summed E-state index contributed by atoms with van der Waals surface area (Å²) < 4.78 is 5.81. The van der Waals surface area contributed by atoms with Crippen LogP contribution in [0.2, 0.25) is 0 Å². The van der Waals surface area contributed by atoms with Crippen molar-refractivity contribution >= 4 is 10.9 Å². The molecule has 0 aliphatic rings. The second-order valence-corrected chi connectivity index (χ2v) is 5.46. The van der Waals surface area contributed by atoms with Crippen molar-refractivity contribution in [3.63, 3.8) is 0 Å². The van der Waals surface area contributed by atoms with E-state index in [1.807, 2.05) is 55.6 Å². The average Bonchev–Trinajstić information content (AvgIpc) is 3.24. The fraction of sp³-hybridized carbons (Fsp3) is 0.158. The predicted octanol–water partition coefficient (Wildman–Crippen LogP) is 4.30. The number of aromatic nitrogens is 3. The van der Waals surface area contributed by atoms with Crippen molar-refractivity contribution in [3.05, 3.63) is 72.8 Å². The van der Waals surface area contributed by atoms with E-state index in [4.69, 9.17) is 10.2 Å². The lowest BCUT2D eigenvalue weighted by Gasteiger charge is -2.07. The molecule has 24 heavy (non-hydrogen) atoms.